The fraction of sp³-hybridized carbons (Fsp3) is 0.474. The van der Waals surface area contributed by atoms with Gasteiger partial charge in [0.05, 0.1) is 31.6 Å². The van der Waals surface area contributed by atoms with E-state index in [-0.39, 0.29) is 6.04 Å². The topological polar surface area (TPSA) is 61.7 Å². The van der Waals surface area contributed by atoms with Crippen molar-refractivity contribution < 1.29 is 14.2 Å². The zero-order valence-electron chi connectivity index (χ0n) is 14.6. The van der Waals surface area contributed by atoms with Crippen molar-refractivity contribution in [1.29, 1.82) is 0 Å². The van der Waals surface area contributed by atoms with E-state index in [2.05, 4.69) is 14.9 Å². The van der Waals surface area contributed by atoms with Crippen LogP contribution in [0.5, 0.6) is 0 Å². The standard InChI is InChI=1S/C19H23FN4O2/c20-16-12-21-18(22-13-16)24-7-6-19(25,15-4-2-1-3-5-15)17(14-24)23-8-10-26-11-9-23/h1-5,12-13,17,25H,6-11,14H2/t17-,19+/m1/s1. The minimum absolute atomic E-state index is 0.115. The molecule has 2 aliphatic rings. The molecule has 0 aliphatic carbocycles. The highest BCUT2D eigenvalue weighted by Crippen LogP contribution is 2.37. The third-order valence-electron chi connectivity index (χ3n) is 5.36. The molecule has 1 N–H and O–H groups in total. The summed E-state index contributed by atoms with van der Waals surface area (Å²) in [5.74, 6) is 0.0519. The highest BCUT2D eigenvalue weighted by Gasteiger charge is 2.46. The molecule has 0 radical (unpaired) electrons. The van der Waals surface area contributed by atoms with Gasteiger partial charge in [0.25, 0.3) is 0 Å². The van der Waals surface area contributed by atoms with Crippen LogP contribution in [0.2, 0.25) is 0 Å². The molecule has 2 atom stereocenters. The van der Waals surface area contributed by atoms with Gasteiger partial charge in [-0.05, 0) is 12.0 Å². The predicted molar refractivity (Wildman–Crippen MR) is 95.3 cm³/mol. The summed E-state index contributed by atoms with van der Waals surface area (Å²) < 4.78 is 18.6. The van der Waals surface area contributed by atoms with Crippen LogP contribution in [-0.4, -0.2) is 65.4 Å². The van der Waals surface area contributed by atoms with Gasteiger partial charge in [-0.25, -0.2) is 14.4 Å². The lowest BCUT2D eigenvalue weighted by Crippen LogP contribution is -2.62. The molecule has 7 heteroatoms. The third-order valence-corrected chi connectivity index (χ3v) is 5.36. The van der Waals surface area contributed by atoms with Crippen LogP contribution in [0.4, 0.5) is 10.3 Å². The van der Waals surface area contributed by atoms with E-state index in [4.69, 9.17) is 4.74 Å². The number of aliphatic hydroxyl groups is 1. The Hall–Kier alpha value is -2.09. The number of nitrogens with zero attached hydrogens (tertiary/aromatic N) is 4. The average Bonchev–Trinajstić information content (AvgIpc) is 2.70. The zero-order chi connectivity index (χ0) is 18.0. The molecule has 2 aromatic rings. The molecule has 1 aromatic carbocycles. The van der Waals surface area contributed by atoms with Crippen LogP contribution < -0.4 is 4.90 Å². The average molecular weight is 358 g/mol. The van der Waals surface area contributed by atoms with Gasteiger partial charge in [0.1, 0.15) is 5.60 Å². The van der Waals surface area contributed by atoms with Crippen molar-refractivity contribution in [2.75, 3.05) is 44.3 Å². The maximum absolute atomic E-state index is 13.2. The number of hydrogen-bond donors (Lipinski definition) is 1. The van der Waals surface area contributed by atoms with Gasteiger partial charge in [0, 0.05) is 26.2 Å². The van der Waals surface area contributed by atoms with Gasteiger partial charge in [0.2, 0.25) is 5.95 Å². The lowest BCUT2D eigenvalue weighted by Gasteiger charge is -2.50. The van der Waals surface area contributed by atoms with Crippen LogP contribution in [0.1, 0.15) is 12.0 Å². The Labute approximate surface area is 152 Å². The molecule has 1 aromatic heterocycles. The van der Waals surface area contributed by atoms with Gasteiger partial charge < -0.3 is 14.7 Å². The summed E-state index contributed by atoms with van der Waals surface area (Å²) in [5.41, 5.74) is -0.0223. The summed E-state index contributed by atoms with van der Waals surface area (Å²) in [6.07, 6.45) is 2.92. The predicted octanol–water partition coefficient (Wildman–Crippen LogP) is 1.41. The van der Waals surface area contributed by atoms with Crippen molar-refractivity contribution in [3.8, 4) is 0 Å². The van der Waals surface area contributed by atoms with Gasteiger partial charge in [-0.1, -0.05) is 30.3 Å². The van der Waals surface area contributed by atoms with E-state index < -0.39 is 11.4 Å². The van der Waals surface area contributed by atoms with E-state index in [1.807, 2.05) is 35.2 Å². The van der Waals surface area contributed by atoms with Crippen molar-refractivity contribution in [3.63, 3.8) is 0 Å². The quantitative estimate of drug-likeness (QED) is 0.895. The molecule has 3 heterocycles. The summed E-state index contributed by atoms with van der Waals surface area (Å²) in [5, 5.41) is 11.7. The maximum Gasteiger partial charge on any atom is 0.225 e. The molecule has 2 saturated heterocycles. The van der Waals surface area contributed by atoms with Crippen molar-refractivity contribution in [3.05, 3.63) is 54.1 Å². The lowest BCUT2D eigenvalue weighted by atomic mass is 9.79. The van der Waals surface area contributed by atoms with Crippen LogP contribution >= 0.6 is 0 Å². The van der Waals surface area contributed by atoms with Gasteiger partial charge in [-0.3, -0.25) is 4.90 Å². The first kappa shape index (κ1) is 17.3. The molecule has 138 valence electrons. The molecule has 0 spiro atoms. The van der Waals surface area contributed by atoms with E-state index in [9.17, 15) is 9.50 Å². The SMILES string of the molecule is O[C@]1(c2ccccc2)CCN(c2ncc(F)cn2)C[C@H]1N1CCOCC1. The molecule has 0 amide bonds. The molecule has 6 nitrogen and oxygen atoms in total. The second-order valence-corrected chi connectivity index (χ2v) is 6.85. The molecular formula is C19H23FN4O2. The Bertz CT molecular complexity index is 724. The van der Waals surface area contributed by atoms with Gasteiger partial charge in [0.15, 0.2) is 5.82 Å². The Morgan fingerprint density at radius 2 is 1.77 bits per heavy atom. The van der Waals surface area contributed by atoms with E-state index in [1.54, 1.807) is 0 Å². The van der Waals surface area contributed by atoms with Crippen LogP contribution in [0.15, 0.2) is 42.7 Å². The van der Waals surface area contributed by atoms with Crippen LogP contribution in [0.25, 0.3) is 0 Å². The first-order chi connectivity index (χ1) is 12.7. The minimum atomic E-state index is -0.949. The number of halogens is 1. The summed E-state index contributed by atoms with van der Waals surface area (Å²) in [6.45, 7) is 4.06. The molecular weight excluding hydrogens is 335 g/mol. The smallest absolute Gasteiger partial charge is 0.225 e. The van der Waals surface area contributed by atoms with Crippen molar-refractivity contribution >= 4 is 5.95 Å². The summed E-state index contributed by atoms with van der Waals surface area (Å²) in [6, 6.07) is 9.72. The Kier molecular flexibility index (Phi) is 4.84. The first-order valence-electron chi connectivity index (χ1n) is 8.99. The minimum Gasteiger partial charge on any atom is -0.383 e. The fourth-order valence-corrected chi connectivity index (χ4v) is 3.94. The fourth-order valence-electron chi connectivity index (χ4n) is 3.94. The lowest BCUT2D eigenvalue weighted by molar-refractivity contribution is -0.0912. The van der Waals surface area contributed by atoms with E-state index in [0.29, 0.717) is 38.7 Å². The maximum atomic E-state index is 13.2. The van der Waals surface area contributed by atoms with E-state index in [0.717, 1.165) is 18.7 Å². The highest BCUT2D eigenvalue weighted by molar-refractivity contribution is 5.35. The number of anilines is 1. The molecule has 2 aliphatic heterocycles. The van der Waals surface area contributed by atoms with E-state index >= 15 is 0 Å². The molecule has 2 fully saturated rings. The van der Waals surface area contributed by atoms with Crippen LogP contribution in [0.3, 0.4) is 0 Å². The number of benzene rings is 1. The summed E-state index contributed by atoms with van der Waals surface area (Å²) in [7, 11) is 0. The van der Waals surface area contributed by atoms with Crippen LogP contribution in [0, 0.1) is 5.82 Å². The Morgan fingerprint density at radius 1 is 1.08 bits per heavy atom. The number of piperidine rings is 1. The zero-order valence-corrected chi connectivity index (χ0v) is 14.6. The Balaban J connectivity index is 1.64. The third kappa shape index (κ3) is 3.30. The largest absolute Gasteiger partial charge is 0.383 e. The monoisotopic (exact) mass is 358 g/mol. The molecule has 26 heavy (non-hydrogen) atoms. The van der Waals surface area contributed by atoms with Crippen molar-refractivity contribution in [2.24, 2.45) is 0 Å². The van der Waals surface area contributed by atoms with Crippen molar-refractivity contribution in [1.82, 2.24) is 14.9 Å². The van der Waals surface area contributed by atoms with Crippen molar-refractivity contribution in [2.45, 2.75) is 18.1 Å². The van der Waals surface area contributed by atoms with Gasteiger partial charge in [-0.15, -0.1) is 0 Å². The second-order valence-electron chi connectivity index (χ2n) is 6.85. The number of aromatic nitrogens is 2. The van der Waals surface area contributed by atoms with Gasteiger partial charge >= 0.3 is 0 Å². The Morgan fingerprint density at radius 3 is 2.46 bits per heavy atom. The molecule has 0 unspecified atom stereocenters. The number of hydrogen-bond acceptors (Lipinski definition) is 6. The number of rotatable bonds is 3. The molecule has 4 rings (SSSR count). The summed E-state index contributed by atoms with van der Waals surface area (Å²) in [4.78, 5) is 12.5. The van der Waals surface area contributed by atoms with E-state index in [1.165, 1.54) is 12.4 Å². The second kappa shape index (κ2) is 7.26. The molecule has 0 bridgehead atoms. The highest BCUT2D eigenvalue weighted by atomic mass is 19.1. The normalized spacial score (nSPS) is 27.5. The number of morpholine rings is 1. The van der Waals surface area contributed by atoms with Gasteiger partial charge in [-0.2, -0.15) is 0 Å². The van der Waals surface area contributed by atoms with Crippen LogP contribution in [-0.2, 0) is 10.3 Å². The summed E-state index contributed by atoms with van der Waals surface area (Å²) >= 11 is 0. The molecule has 0 saturated carbocycles. The first-order valence-corrected chi connectivity index (χ1v) is 8.99. The number of ether oxygens (including phenoxy) is 1.